The first-order valence-electron chi connectivity index (χ1n) is 10.2. The molecular formula is C21H30NO4P. The zero-order valence-electron chi connectivity index (χ0n) is 15.8. The van der Waals surface area contributed by atoms with Crippen LogP contribution < -0.4 is 5.73 Å². The van der Waals surface area contributed by atoms with Crippen LogP contribution >= 0.6 is 7.37 Å². The summed E-state index contributed by atoms with van der Waals surface area (Å²) in [5, 5.41) is 9.16. The molecule has 0 saturated heterocycles. The second kappa shape index (κ2) is 7.35. The fourth-order valence-electron chi connectivity index (χ4n) is 6.00. The lowest BCUT2D eigenvalue weighted by Crippen LogP contribution is -2.52. The fourth-order valence-corrected chi connectivity index (χ4v) is 8.43. The maximum Gasteiger partial charge on any atom is 0.303 e. The largest absolute Gasteiger partial charge is 0.481 e. The molecular weight excluding hydrogens is 361 g/mol. The van der Waals surface area contributed by atoms with Crippen molar-refractivity contribution in [1.29, 1.82) is 0 Å². The number of carboxylic acids is 1. The molecule has 0 radical (unpaired) electrons. The molecule has 0 heterocycles. The molecule has 148 valence electrons. The van der Waals surface area contributed by atoms with E-state index in [1.165, 1.54) is 19.3 Å². The third kappa shape index (κ3) is 4.16. The molecule has 0 aromatic heterocycles. The molecule has 1 aromatic rings. The first-order valence-corrected chi connectivity index (χ1v) is 12.0. The van der Waals surface area contributed by atoms with E-state index in [4.69, 9.17) is 15.4 Å². The molecule has 4 aliphatic rings. The fraction of sp³-hybridized carbons (Fsp3) is 0.667. The van der Waals surface area contributed by atoms with Gasteiger partial charge in [-0.15, -0.1) is 0 Å². The van der Waals surface area contributed by atoms with Crippen LogP contribution in [0.15, 0.2) is 30.3 Å². The number of nitrogens with two attached hydrogens (primary N) is 1. The molecule has 2 atom stereocenters. The SMILES string of the molecule is NC(Cc1ccccc1)P(=O)(CCC(=O)O)OC12CC3CC(CC(C3)C1)C2. The summed E-state index contributed by atoms with van der Waals surface area (Å²) in [7, 11) is -3.28. The van der Waals surface area contributed by atoms with Crippen LogP contribution in [0.25, 0.3) is 0 Å². The van der Waals surface area contributed by atoms with Crippen molar-refractivity contribution >= 4 is 13.3 Å². The van der Waals surface area contributed by atoms with Crippen LogP contribution in [0.5, 0.6) is 0 Å². The highest BCUT2D eigenvalue weighted by atomic mass is 31.2. The van der Waals surface area contributed by atoms with Gasteiger partial charge in [-0.2, -0.15) is 0 Å². The predicted molar refractivity (Wildman–Crippen MR) is 105 cm³/mol. The van der Waals surface area contributed by atoms with E-state index >= 15 is 0 Å². The van der Waals surface area contributed by atoms with Gasteiger partial charge in [0.1, 0.15) is 0 Å². The van der Waals surface area contributed by atoms with Gasteiger partial charge in [-0.25, -0.2) is 0 Å². The van der Waals surface area contributed by atoms with E-state index in [0.29, 0.717) is 24.2 Å². The van der Waals surface area contributed by atoms with Crippen molar-refractivity contribution in [2.24, 2.45) is 23.5 Å². The molecule has 2 unspecified atom stereocenters. The average molecular weight is 391 g/mol. The van der Waals surface area contributed by atoms with Crippen molar-refractivity contribution in [3.05, 3.63) is 35.9 Å². The highest BCUT2D eigenvalue weighted by Crippen LogP contribution is 2.64. The van der Waals surface area contributed by atoms with Crippen LogP contribution in [-0.4, -0.2) is 28.6 Å². The molecule has 6 heteroatoms. The van der Waals surface area contributed by atoms with E-state index in [1.807, 2.05) is 30.3 Å². The van der Waals surface area contributed by atoms with Gasteiger partial charge < -0.3 is 15.4 Å². The Morgan fingerprint density at radius 1 is 1.15 bits per heavy atom. The van der Waals surface area contributed by atoms with Crippen LogP contribution in [0.1, 0.15) is 50.5 Å². The number of hydrogen-bond acceptors (Lipinski definition) is 4. The number of carbonyl (C=O) groups is 1. The average Bonchev–Trinajstić information content (AvgIpc) is 2.59. The van der Waals surface area contributed by atoms with Crippen LogP contribution in [0.3, 0.4) is 0 Å². The van der Waals surface area contributed by atoms with Gasteiger partial charge in [0.05, 0.1) is 17.8 Å². The summed E-state index contributed by atoms with van der Waals surface area (Å²) in [5.41, 5.74) is 7.09. The molecule has 5 rings (SSSR count). The van der Waals surface area contributed by atoms with Crippen molar-refractivity contribution < 1.29 is 19.0 Å². The second-order valence-corrected chi connectivity index (χ2v) is 11.8. The van der Waals surface area contributed by atoms with E-state index in [1.54, 1.807) is 0 Å². The van der Waals surface area contributed by atoms with Gasteiger partial charge in [-0.3, -0.25) is 9.36 Å². The summed E-state index contributed by atoms with van der Waals surface area (Å²) in [4.78, 5) is 11.2. The van der Waals surface area contributed by atoms with Gasteiger partial charge in [0.2, 0.25) is 7.37 Å². The van der Waals surface area contributed by atoms with Gasteiger partial charge in [-0.1, -0.05) is 30.3 Å². The van der Waals surface area contributed by atoms with E-state index in [-0.39, 0.29) is 18.2 Å². The first-order chi connectivity index (χ1) is 12.9. The minimum Gasteiger partial charge on any atom is -0.481 e. The Kier molecular flexibility index (Phi) is 5.22. The predicted octanol–water partition coefficient (Wildman–Crippen LogP) is 4.25. The van der Waals surface area contributed by atoms with Gasteiger partial charge in [-0.05, 0) is 68.3 Å². The van der Waals surface area contributed by atoms with Crippen LogP contribution in [-0.2, 0) is 20.3 Å². The molecule has 0 spiro atoms. The van der Waals surface area contributed by atoms with Crippen LogP contribution in [0.2, 0.25) is 0 Å². The number of benzene rings is 1. The quantitative estimate of drug-likeness (QED) is 0.647. The van der Waals surface area contributed by atoms with Gasteiger partial charge >= 0.3 is 5.97 Å². The zero-order valence-corrected chi connectivity index (χ0v) is 16.7. The third-order valence-corrected chi connectivity index (χ3v) is 9.50. The van der Waals surface area contributed by atoms with Crippen LogP contribution in [0.4, 0.5) is 0 Å². The smallest absolute Gasteiger partial charge is 0.303 e. The maximum absolute atomic E-state index is 13.9. The highest BCUT2D eigenvalue weighted by Gasteiger charge is 2.54. The maximum atomic E-state index is 13.9. The summed E-state index contributed by atoms with van der Waals surface area (Å²) >= 11 is 0. The lowest BCUT2D eigenvalue weighted by Gasteiger charge is -2.57. The Balaban J connectivity index is 1.55. The monoisotopic (exact) mass is 391 g/mol. The highest BCUT2D eigenvalue weighted by molar-refractivity contribution is 7.59. The molecule has 27 heavy (non-hydrogen) atoms. The molecule has 4 fully saturated rings. The Labute approximate surface area is 161 Å². The Morgan fingerprint density at radius 3 is 2.22 bits per heavy atom. The normalized spacial score (nSPS) is 34.9. The number of aliphatic carboxylic acids is 1. The van der Waals surface area contributed by atoms with Crippen molar-refractivity contribution in [2.45, 2.75) is 62.8 Å². The standard InChI is InChI=1S/C21H30NO4P/c22-19(11-15-4-2-1-3-5-15)27(25,7-6-20(23)24)26-21-12-16-8-17(13-21)10-18(9-16)14-21/h1-5,16-19H,6-14,22H2,(H,23,24). The third-order valence-electron chi connectivity index (χ3n) is 6.76. The van der Waals surface area contributed by atoms with Crippen molar-refractivity contribution in [2.75, 3.05) is 6.16 Å². The summed E-state index contributed by atoms with van der Waals surface area (Å²) in [6, 6.07) is 9.73. The van der Waals surface area contributed by atoms with Gasteiger partial charge in [0.25, 0.3) is 0 Å². The van der Waals surface area contributed by atoms with Gasteiger partial charge in [0, 0.05) is 6.16 Å². The number of carboxylic acid groups (broad SMARTS) is 1. The lowest BCUT2D eigenvalue weighted by molar-refractivity contribution is -0.136. The van der Waals surface area contributed by atoms with E-state index < -0.39 is 19.1 Å². The molecule has 1 aromatic carbocycles. The molecule has 3 N–H and O–H groups in total. The summed E-state index contributed by atoms with van der Waals surface area (Å²) in [6.45, 7) is 0. The second-order valence-electron chi connectivity index (χ2n) is 9.04. The molecule has 0 aliphatic heterocycles. The van der Waals surface area contributed by atoms with Crippen molar-refractivity contribution in [1.82, 2.24) is 0 Å². The Morgan fingerprint density at radius 2 is 1.70 bits per heavy atom. The van der Waals surface area contributed by atoms with E-state index in [2.05, 4.69) is 0 Å². The topological polar surface area (TPSA) is 89.6 Å². The zero-order chi connectivity index (χ0) is 19.1. The van der Waals surface area contributed by atoms with Crippen molar-refractivity contribution in [3.8, 4) is 0 Å². The van der Waals surface area contributed by atoms with E-state index in [0.717, 1.165) is 24.8 Å². The minimum absolute atomic E-state index is 0.0259. The van der Waals surface area contributed by atoms with Gasteiger partial charge in [0.15, 0.2) is 0 Å². The summed E-state index contributed by atoms with van der Waals surface area (Å²) in [5.74, 6) is 0.419. The molecule has 0 amide bonds. The molecule has 4 saturated carbocycles. The molecule has 4 bridgehead atoms. The molecule has 4 aliphatic carbocycles. The van der Waals surface area contributed by atoms with Crippen molar-refractivity contribution in [3.63, 3.8) is 0 Å². The first kappa shape index (κ1) is 19.2. The minimum atomic E-state index is -3.28. The summed E-state index contributed by atoms with van der Waals surface area (Å²) in [6.07, 6.45) is 7.04. The summed E-state index contributed by atoms with van der Waals surface area (Å²) < 4.78 is 20.4. The van der Waals surface area contributed by atoms with Crippen LogP contribution in [0, 0.1) is 17.8 Å². The number of rotatable bonds is 8. The van der Waals surface area contributed by atoms with E-state index in [9.17, 15) is 9.36 Å². The lowest BCUT2D eigenvalue weighted by atomic mass is 9.54. The molecule has 5 nitrogen and oxygen atoms in total. The number of hydrogen-bond donors (Lipinski definition) is 2. The Bertz CT molecular complexity index is 700. The Hall–Kier alpha value is -1.16.